The van der Waals surface area contributed by atoms with E-state index in [2.05, 4.69) is 4.74 Å². The number of alkyl halides is 2. The average molecular weight is 504 g/mol. The van der Waals surface area contributed by atoms with Crippen molar-refractivity contribution in [1.29, 1.82) is 0 Å². The molecule has 0 saturated carbocycles. The number of anilines is 1. The molecule has 2 heterocycles. The van der Waals surface area contributed by atoms with Gasteiger partial charge >= 0.3 is 17.7 Å². The third kappa shape index (κ3) is 4.82. The van der Waals surface area contributed by atoms with Crippen LogP contribution in [0.25, 0.3) is 0 Å². The lowest BCUT2D eigenvalue weighted by molar-refractivity contribution is -0.384. The van der Waals surface area contributed by atoms with Crippen LogP contribution in [0.15, 0.2) is 48.5 Å². The molecule has 2 aromatic rings. The van der Waals surface area contributed by atoms with Crippen molar-refractivity contribution in [1.82, 2.24) is 4.90 Å². The highest BCUT2D eigenvalue weighted by atomic mass is 19.3. The molecule has 2 aliphatic heterocycles. The Morgan fingerprint density at radius 1 is 1.03 bits per heavy atom. The lowest BCUT2D eigenvalue weighted by Crippen LogP contribution is -2.60. The van der Waals surface area contributed by atoms with Gasteiger partial charge in [0.05, 0.1) is 18.6 Å². The van der Waals surface area contributed by atoms with Gasteiger partial charge in [0.25, 0.3) is 5.92 Å². The zero-order valence-corrected chi connectivity index (χ0v) is 19.8. The van der Waals surface area contributed by atoms with Crippen LogP contribution >= 0.6 is 0 Å². The Morgan fingerprint density at radius 2 is 1.69 bits per heavy atom. The zero-order chi connectivity index (χ0) is 25.9. The largest absolute Gasteiger partial charge is 0.465 e. The Bertz CT molecular complexity index is 1140. The number of amides is 1. The maximum atomic E-state index is 15.4. The van der Waals surface area contributed by atoms with Gasteiger partial charge in [0.1, 0.15) is 17.9 Å². The molecular weight excluding hydrogens is 476 g/mol. The van der Waals surface area contributed by atoms with E-state index in [1.807, 2.05) is 6.07 Å². The van der Waals surface area contributed by atoms with Crippen LogP contribution in [0, 0.1) is 15.5 Å². The van der Waals surface area contributed by atoms with Gasteiger partial charge < -0.3 is 19.3 Å². The number of benzene rings is 2. The number of ether oxygens (including phenoxy) is 2. The van der Waals surface area contributed by atoms with Crippen molar-refractivity contribution < 1.29 is 32.8 Å². The molecule has 1 spiro atoms. The second kappa shape index (κ2) is 10.1. The van der Waals surface area contributed by atoms with Gasteiger partial charge in [-0.15, -0.1) is 0 Å². The molecular formula is C25H27F2N3O6. The molecule has 2 fully saturated rings. The van der Waals surface area contributed by atoms with E-state index in [0.717, 1.165) is 17.6 Å². The number of piperidine rings is 2. The Balaban J connectivity index is 1.43. The first-order valence-corrected chi connectivity index (χ1v) is 11.6. The third-order valence-electron chi connectivity index (χ3n) is 7.15. The molecule has 0 unspecified atom stereocenters. The Labute approximate surface area is 206 Å². The van der Waals surface area contributed by atoms with Gasteiger partial charge in [0.15, 0.2) is 0 Å². The van der Waals surface area contributed by atoms with Crippen LogP contribution in [0.3, 0.4) is 0 Å². The first-order chi connectivity index (χ1) is 17.2. The van der Waals surface area contributed by atoms with E-state index in [1.165, 1.54) is 18.2 Å². The molecule has 2 saturated heterocycles. The molecule has 4 rings (SSSR count). The number of para-hydroxylation sites is 1. The minimum absolute atomic E-state index is 0.00522. The Kier molecular flexibility index (Phi) is 7.09. The SMILES string of the molecule is COC(=O)c1cccc(N2CCC3(CCN(C(=O)OCc4ccccc4)CC3(F)F)CC2)c1[N+](=O)[O-]. The molecule has 0 aromatic heterocycles. The molecule has 192 valence electrons. The minimum atomic E-state index is -3.15. The van der Waals surface area contributed by atoms with E-state index in [4.69, 9.17) is 4.74 Å². The van der Waals surface area contributed by atoms with Crippen LogP contribution < -0.4 is 4.90 Å². The highest BCUT2D eigenvalue weighted by molar-refractivity contribution is 5.96. The molecule has 36 heavy (non-hydrogen) atoms. The van der Waals surface area contributed by atoms with E-state index >= 15 is 8.78 Å². The fourth-order valence-corrected chi connectivity index (χ4v) is 5.03. The topological polar surface area (TPSA) is 102 Å². The number of carbonyl (C=O) groups is 2. The van der Waals surface area contributed by atoms with E-state index < -0.39 is 40.6 Å². The Hall–Kier alpha value is -3.76. The zero-order valence-electron chi connectivity index (χ0n) is 19.8. The number of likely N-dealkylation sites (tertiary alicyclic amines) is 1. The van der Waals surface area contributed by atoms with E-state index in [1.54, 1.807) is 29.2 Å². The van der Waals surface area contributed by atoms with Gasteiger partial charge in [-0.2, -0.15) is 0 Å². The summed E-state index contributed by atoms with van der Waals surface area (Å²) in [6.45, 7) is -0.288. The van der Waals surface area contributed by atoms with Crippen molar-refractivity contribution in [2.24, 2.45) is 5.41 Å². The predicted octanol–water partition coefficient (Wildman–Crippen LogP) is 4.65. The summed E-state index contributed by atoms with van der Waals surface area (Å²) in [6, 6.07) is 13.3. The lowest BCUT2D eigenvalue weighted by atomic mass is 9.68. The first-order valence-electron chi connectivity index (χ1n) is 11.6. The summed E-state index contributed by atoms with van der Waals surface area (Å²) in [7, 11) is 1.13. The first kappa shape index (κ1) is 25.3. The summed E-state index contributed by atoms with van der Waals surface area (Å²) in [6.07, 6.45) is -0.501. The number of nitro benzene ring substituents is 1. The molecule has 0 aliphatic carbocycles. The molecule has 11 heteroatoms. The number of halogens is 2. The van der Waals surface area contributed by atoms with Crippen LogP contribution in [0.2, 0.25) is 0 Å². The van der Waals surface area contributed by atoms with Crippen molar-refractivity contribution in [3.8, 4) is 0 Å². The summed E-state index contributed by atoms with van der Waals surface area (Å²) in [5.74, 6) is -3.99. The second-order valence-electron chi connectivity index (χ2n) is 9.11. The third-order valence-corrected chi connectivity index (χ3v) is 7.15. The van der Waals surface area contributed by atoms with Gasteiger partial charge in [0, 0.05) is 25.0 Å². The monoisotopic (exact) mass is 503 g/mol. The molecule has 0 N–H and O–H groups in total. The second-order valence-corrected chi connectivity index (χ2v) is 9.11. The molecule has 0 bridgehead atoms. The fraction of sp³-hybridized carbons (Fsp3) is 0.440. The number of hydrogen-bond donors (Lipinski definition) is 0. The summed E-state index contributed by atoms with van der Waals surface area (Å²) in [5.41, 5.74) is -0.947. The predicted molar refractivity (Wildman–Crippen MR) is 126 cm³/mol. The van der Waals surface area contributed by atoms with Gasteiger partial charge in [-0.05, 0) is 37.0 Å². The summed E-state index contributed by atoms with van der Waals surface area (Å²) in [4.78, 5) is 38.3. The molecule has 2 aromatic carbocycles. The Morgan fingerprint density at radius 3 is 2.31 bits per heavy atom. The van der Waals surface area contributed by atoms with Crippen LogP contribution in [-0.4, -0.2) is 61.1 Å². The van der Waals surface area contributed by atoms with Gasteiger partial charge in [-0.1, -0.05) is 36.4 Å². The maximum absolute atomic E-state index is 15.4. The highest BCUT2D eigenvalue weighted by Crippen LogP contribution is 2.51. The lowest BCUT2D eigenvalue weighted by Gasteiger charge is -2.51. The number of carbonyl (C=O) groups excluding carboxylic acids is 2. The molecule has 2 aliphatic rings. The summed E-state index contributed by atoms with van der Waals surface area (Å²) in [5, 5.41) is 11.7. The van der Waals surface area contributed by atoms with Crippen LogP contribution in [0.5, 0.6) is 0 Å². The summed E-state index contributed by atoms with van der Waals surface area (Å²) >= 11 is 0. The molecule has 1 amide bonds. The highest BCUT2D eigenvalue weighted by Gasteiger charge is 2.58. The minimum Gasteiger partial charge on any atom is -0.465 e. The number of methoxy groups -OCH3 is 1. The van der Waals surface area contributed by atoms with Crippen LogP contribution in [0.1, 0.15) is 35.2 Å². The standard InChI is InChI=1S/C25H27F2N3O6/c1-35-22(31)19-8-5-9-20(21(19)30(33)34)28-13-10-24(11-14-28)12-15-29(17-25(24,26)27)23(32)36-16-18-6-3-2-4-7-18/h2-9H,10-17H2,1H3. The average Bonchev–Trinajstić information content (AvgIpc) is 2.89. The number of nitro groups is 1. The fourth-order valence-electron chi connectivity index (χ4n) is 5.03. The van der Waals surface area contributed by atoms with E-state index in [9.17, 15) is 19.7 Å². The van der Waals surface area contributed by atoms with Crippen LogP contribution in [-0.2, 0) is 16.1 Å². The maximum Gasteiger partial charge on any atom is 0.410 e. The summed E-state index contributed by atoms with van der Waals surface area (Å²) < 4.78 is 40.8. The number of esters is 1. The van der Waals surface area contributed by atoms with Crippen molar-refractivity contribution in [2.45, 2.75) is 31.8 Å². The normalized spacial score (nSPS) is 18.5. The molecule has 9 nitrogen and oxygen atoms in total. The molecule has 0 atom stereocenters. The van der Waals surface area contributed by atoms with Crippen molar-refractivity contribution in [2.75, 3.05) is 38.2 Å². The van der Waals surface area contributed by atoms with Crippen LogP contribution in [0.4, 0.5) is 25.0 Å². The quantitative estimate of drug-likeness (QED) is 0.333. The number of hydrogen-bond acceptors (Lipinski definition) is 7. The van der Waals surface area contributed by atoms with Gasteiger partial charge in [0.2, 0.25) is 0 Å². The van der Waals surface area contributed by atoms with Crippen molar-refractivity contribution >= 4 is 23.4 Å². The van der Waals surface area contributed by atoms with E-state index in [0.29, 0.717) is 0 Å². The van der Waals surface area contributed by atoms with Gasteiger partial charge in [-0.25, -0.2) is 18.4 Å². The van der Waals surface area contributed by atoms with Crippen molar-refractivity contribution in [3.63, 3.8) is 0 Å². The smallest absolute Gasteiger partial charge is 0.410 e. The van der Waals surface area contributed by atoms with Gasteiger partial charge in [-0.3, -0.25) is 10.1 Å². The molecule has 0 radical (unpaired) electrons. The van der Waals surface area contributed by atoms with Crippen molar-refractivity contribution in [3.05, 3.63) is 69.8 Å². The van der Waals surface area contributed by atoms with E-state index in [-0.39, 0.29) is 56.8 Å². The number of nitrogens with zero attached hydrogens (tertiary/aromatic N) is 3. The number of rotatable bonds is 5.